The molecule has 2 aliphatic heterocycles. The van der Waals surface area contributed by atoms with Crippen LogP contribution >= 0.6 is 0 Å². The fourth-order valence-electron chi connectivity index (χ4n) is 4.58. The maximum Gasteiger partial charge on any atom is 0.191 e. The van der Waals surface area contributed by atoms with Crippen LogP contribution < -0.4 is 10.6 Å². The quantitative estimate of drug-likeness (QED) is 0.448. The molecule has 7 heteroatoms. The molecule has 7 nitrogen and oxygen atoms in total. The van der Waals surface area contributed by atoms with Crippen molar-refractivity contribution >= 4 is 5.96 Å². The summed E-state index contributed by atoms with van der Waals surface area (Å²) in [5.74, 6) is 1.52. The lowest BCUT2D eigenvalue weighted by molar-refractivity contribution is -0.0284. The Balaban J connectivity index is 1.46. The monoisotopic (exact) mass is 444 g/mol. The fraction of sp³-hybridized carbons (Fsp3) is 0.720. The summed E-state index contributed by atoms with van der Waals surface area (Å²) in [5, 5.41) is 6.97. The predicted octanol–water partition coefficient (Wildman–Crippen LogP) is 1.85. The highest BCUT2D eigenvalue weighted by molar-refractivity contribution is 5.79. The Kier molecular flexibility index (Phi) is 10.2. The summed E-state index contributed by atoms with van der Waals surface area (Å²) in [4.78, 5) is 12.0. The SMILES string of the molecule is CCN1CCN(Cc2ccccc2CNC(=NC)NCC2CN(CC(C)C)CCO2)CC1. The van der Waals surface area contributed by atoms with Crippen LogP contribution in [0.5, 0.6) is 0 Å². The van der Waals surface area contributed by atoms with Crippen molar-refractivity contribution in [3.05, 3.63) is 35.4 Å². The first kappa shape index (κ1) is 25.0. The van der Waals surface area contributed by atoms with E-state index >= 15 is 0 Å². The molecule has 0 bridgehead atoms. The highest BCUT2D eigenvalue weighted by Gasteiger charge is 2.21. The predicted molar refractivity (Wildman–Crippen MR) is 133 cm³/mol. The zero-order chi connectivity index (χ0) is 22.8. The van der Waals surface area contributed by atoms with E-state index in [-0.39, 0.29) is 6.10 Å². The van der Waals surface area contributed by atoms with Gasteiger partial charge >= 0.3 is 0 Å². The Labute approximate surface area is 195 Å². The molecule has 2 heterocycles. The summed E-state index contributed by atoms with van der Waals surface area (Å²) >= 11 is 0. The number of hydrogen-bond acceptors (Lipinski definition) is 5. The number of morpholine rings is 1. The summed E-state index contributed by atoms with van der Waals surface area (Å²) in [6.07, 6.45) is 0.204. The number of nitrogens with zero attached hydrogens (tertiary/aromatic N) is 4. The Bertz CT molecular complexity index is 701. The summed E-state index contributed by atoms with van der Waals surface area (Å²) < 4.78 is 5.97. The maximum atomic E-state index is 5.97. The molecule has 0 spiro atoms. The lowest BCUT2D eigenvalue weighted by atomic mass is 10.1. The molecular weight excluding hydrogens is 400 g/mol. The van der Waals surface area contributed by atoms with Gasteiger partial charge in [-0.2, -0.15) is 0 Å². The van der Waals surface area contributed by atoms with Crippen LogP contribution in [-0.2, 0) is 17.8 Å². The third-order valence-electron chi connectivity index (χ3n) is 6.44. The second-order valence-corrected chi connectivity index (χ2v) is 9.43. The number of hydrogen-bond donors (Lipinski definition) is 2. The average molecular weight is 445 g/mol. The Hall–Kier alpha value is -1.67. The van der Waals surface area contributed by atoms with Crippen LogP contribution in [0.25, 0.3) is 0 Å². The molecule has 1 unspecified atom stereocenters. The molecule has 0 radical (unpaired) electrons. The molecule has 0 amide bonds. The van der Waals surface area contributed by atoms with Gasteiger partial charge in [0, 0.05) is 72.5 Å². The lowest BCUT2D eigenvalue weighted by Gasteiger charge is -2.34. The van der Waals surface area contributed by atoms with Crippen LogP contribution in [0.15, 0.2) is 29.3 Å². The van der Waals surface area contributed by atoms with Crippen LogP contribution in [0.1, 0.15) is 31.9 Å². The van der Waals surface area contributed by atoms with Crippen LogP contribution in [0.2, 0.25) is 0 Å². The summed E-state index contributed by atoms with van der Waals surface area (Å²) in [7, 11) is 1.83. The third-order valence-corrected chi connectivity index (χ3v) is 6.44. The van der Waals surface area contributed by atoms with Crippen molar-refractivity contribution in [1.29, 1.82) is 0 Å². The zero-order valence-corrected chi connectivity index (χ0v) is 20.6. The fourth-order valence-corrected chi connectivity index (χ4v) is 4.58. The Morgan fingerprint density at radius 1 is 1.03 bits per heavy atom. The molecule has 0 aliphatic carbocycles. The van der Waals surface area contributed by atoms with E-state index < -0.39 is 0 Å². The van der Waals surface area contributed by atoms with Crippen molar-refractivity contribution in [2.24, 2.45) is 10.9 Å². The Morgan fingerprint density at radius 2 is 1.75 bits per heavy atom. The number of piperazine rings is 1. The van der Waals surface area contributed by atoms with E-state index in [0.29, 0.717) is 5.92 Å². The van der Waals surface area contributed by atoms with Gasteiger partial charge in [0.1, 0.15) is 0 Å². The van der Waals surface area contributed by atoms with Gasteiger partial charge in [-0.05, 0) is 23.6 Å². The van der Waals surface area contributed by atoms with Gasteiger partial charge in [0.25, 0.3) is 0 Å². The first-order valence-electron chi connectivity index (χ1n) is 12.4. The van der Waals surface area contributed by atoms with Crippen LogP contribution in [0.3, 0.4) is 0 Å². The summed E-state index contributed by atoms with van der Waals surface area (Å²) in [6.45, 7) is 19.1. The molecule has 1 aromatic carbocycles. The molecule has 2 aliphatic rings. The number of benzene rings is 1. The minimum atomic E-state index is 0.204. The van der Waals surface area contributed by atoms with Crippen molar-refractivity contribution in [2.45, 2.75) is 40.0 Å². The van der Waals surface area contributed by atoms with E-state index in [4.69, 9.17) is 4.74 Å². The third kappa shape index (κ3) is 8.03. The number of ether oxygens (including phenoxy) is 1. The number of likely N-dealkylation sites (N-methyl/N-ethyl adjacent to an activating group) is 1. The van der Waals surface area contributed by atoms with E-state index in [1.165, 1.54) is 24.2 Å². The highest BCUT2D eigenvalue weighted by Crippen LogP contribution is 2.14. The second-order valence-electron chi connectivity index (χ2n) is 9.43. The molecule has 2 saturated heterocycles. The van der Waals surface area contributed by atoms with Gasteiger partial charge in [0.15, 0.2) is 5.96 Å². The van der Waals surface area contributed by atoms with Gasteiger partial charge in [-0.15, -0.1) is 0 Å². The van der Waals surface area contributed by atoms with Crippen molar-refractivity contribution in [1.82, 2.24) is 25.3 Å². The molecule has 2 N–H and O–H groups in total. The van der Waals surface area contributed by atoms with Gasteiger partial charge in [-0.3, -0.25) is 14.8 Å². The molecule has 2 fully saturated rings. The normalized spacial score (nSPS) is 21.8. The van der Waals surface area contributed by atoms with Gasteiger partial charge in [0.2, 0.25) is 0 Å². The van der Waals surface area contributed by atoms with Crippen LogP contribution in [-0.4, -0.2) is 99.3 Å². The van der Waals surface area contributed by atoms with Crippen molar-refractivity contribution in [3.63, 3.8) is 0 Å². The van der Waals surface area contributed by atoms with E-state index in [1.54, 1.807) is 0 Å². The molecule has 180 valence electrons. The second kappa shape index (κ2) is 13.1. The number of aliphatic imine (C=N–C) groups is 1. The first-order chi connectivity index (χ1) is 15.6. The average Bonchev–Trinajstić information content (AvgIpc) is 2.80. The molecular formula is C25H44N6O. The van der Waals surface area contributed by atoms with Gasteiger partial charge < -0.3 is 20.3 Å². The number of rotatable bonds is 9. The largest absolute Gasteiger partial charge is 0.374 e. The smallest absolute Gasteiger partial charge is 0.191 e. The standard InChI is InChI=1S/C25H44N6O/c1-5-29-10-12-30(13-11-29)19-23-9-7-6-8-22(23)16-27-25(26-4)28-17-24-20-31(14-15-32-24)18-21(2)3/h6-9,21,24H,5,10-20H2,1-4H3,(H2,26,27,28). The minimum absolute atomic E-state index is 0.204. The molecule has 3 rings (SSSR count). The van der Waals surface area contributed by atoms with Crippen molar-refractivity contribution in [3.8, 4) is 0 Å². The Morgan fingerprint density at radius 3 is 2.44 bits per heavy atom. The maximum absolute atomic E-state index is 5.97. The number of guanidine groups is 1. The zero-order valence-electron chi connectivity index (χ0n) is 20.6. The first-order valence-corrected chi connectivity index (χ1v) is 12.4. The van der Waals surface area contributed by atoms with Gasteiger partial charge in [0.05, 0.1) is 12.7 Å². The van der Waals surface area contributed by atoms with E-state index in [0.717, 1.165) is 71.5 Å². The molecule has 32 heavy (non-hydrogen) atoms. The molecule has 0 saturated carbocycles. The molecule has 1 atom stereocenters. The van der Waals surface area contributed by atoms with E-state index in [9.17, 15) is 0 Å². The van der Waals surface area contributed by atoms with Gasteiger partial charge in [-0.25, -0.2) is 0 Å². The van der Waals surface area contributed by atoms with Crippen LogP contribution in [0, 0.1) is 5.92 Å². The van der Waals surface area contributed by atoms with Crippen molar-refractivity contribution in [2.75, 3.05) is 72.6 Å². The highest BCUT2D eigenvalue weighted by atomic mass is 16.5. The molecule has 0 aromatic heterocycles. The van der Waals surface area contributed by atoms with E-state index in [2.05, 4.69) is 75.4 Å². The van der Waals surface area contributed by atoms with E-state index in [1.807, 2.05) is 7.05 Å². The summed E-state index contributed by atoms with van der Waals surface area (Å²) in [5.41, 5.74) is 2.74. The van der Waals surface area contributed by atoms with Crippen LogP contribution in [0.4, 0.5) is 0 Å². The van der Waals surface area contributed by atoms with Crippen molar-refractivity contribution < 1.29 is 4.74 Å². The lowest BCUT2D eigenvalue weighted by Crippen LogP contribution is -2.50. The minimum Gasteiger partial charge on any atom is -0.374 e. The number of nitrogens with one attached hydrogen (secondary N) is 2. The molecule has 1 aromatic rings. The van der Waals surface area contributed by atoms with Gasteiger partial charge in [-0.1, -0.05) is 45.0 Å². The summed E-state index contributed by atoms with van der Waals surface area (Å²) in [6, 6.07) is 8.77. The topological polar surface area (TPSA) is 55.4 Å².